The van der Waals surface area contributed by atoms with E-state index < -0.39 is 0 Å². The summed E-state index contributed by atoms with van der Waals surface area (Å²) in [5.74, 6) is 0.489. The Bertz CT molecular complexity index is 946. The maximum atomic E-state index is 13.4. The maximum absolute atomic E-state index is 13.4. The summed E-state index contributed by atoms with van der Waals surface area (Å²) in [6.45, 7) is 3.58. The molecule has 1 saturated carbocycles. The van der Waals surface area contributed by atoms with Gasteiger partial charge in [0.05, 0.1) is 17.8 Å². The van der Waals surface area contributed by atoms with E-state index in [9.17, 15) is 9.18 Å². The van der Waals surface area contributed by atoms with E-state index in [1.807, 2.05) is 48.4 Å². The molecule has 1 amide bonds. The number of halogens is 1. The van der Waals surface area contributed by atoms with Gasteiger partial charge in [0, 0.05) is 30.4 Å². The third-order valence-electron chi connectivity index (χ3n) is 5.18. The van der Waals surface area contributed by atoms with E-state index >= 15 is 0 Å². The molecular weight excluding hydrogens is 353 g/mol. The van der Waals surface area contributed by atoms with Crippen LogP contribution in [0.5, 0.6) is 0 Å². The topological polar surface area (TPSA) is 38.1 Å². The normalized spacial score (nSPS) is 13.5. The van der Waals surface area contributed by atoms with Gasteiger partial charge in [-0.25, -0.2) is 9.07 Å². The van der Waals surface area contributed by atoms with Crippen LogP contribution in [0.1, 0.15) is 25.3 Å². The molecule has 1 aromatic heterocycles. The largest absolute Gasteiger partial charge is 0.342 e. The molecule has 5 heteroatoms. The Balaban J connectivity index is 1.66. The smallest absolute Gasteiger partial charge is 0.227 e. The van der Waals surface area contributed by atoms with Gasteiger partial charge in [-0.05, 0) is 62.1 Å². The average Bonchev–Trinajstić information content (AvgIpc) is 3.45. The van der Waals surface area contributed by atoms with Gasteiger partial charge in [0.25, 0.3) is 0 Å². The van der Waals surface area contributed by atoms with Crippen LogP contribution in [-0.2, 0) is 11.2 Å². The first-order valence-corrected chi connectivity index (χ1v) is 9.81. The van der Waals surface area contributed by atoms with Crippen LogP contribution in [0.15, 0.2) is 60.8 Å². The summed E-state index contributed by atoms with van der Waals surface area (Å²) >= 11 is 0. The van der Waals surface area contributed by atoms with E-state index in [2.05, 4.69) is 0 Å². The number of hydrogen-bond acceptors (Lipinski definition) is 2. The van der Waals surface area contributed by atoms with Crippen LogP contribution >= 0.6 is 0 Å². The Labute approximate surface area is 164 Å². The monoisotopic (exact) mass is 377 g/mol. The Morgan fingerprint density at radius 1 is 1.14 bits per heavy atom. The fourth-order valence-corrected chi connectivity index (χ4v) is 3.40. The number of para-hydroxylation sites is 1. The number of benzene rings is 2. The van der Waals surface area contributed by atoms with Crippen molar-refractivity contribution < 1.29 is 9.18 Å². The van der Waals surface area contributed by atoms with Crippen molar-refractivity contribution in [1.82, 2.24) is 14.7 Å². The lowest BCUT2D eigenvalue weighted by Crippen LogP contribution is -2.33. The molecule has 0 radical (unpaired) electrons. The molecule has 0 N–H and O–H groups in total. The standard InChI is InChI=1S/C23H24FN3O/c1-2-26(15-17-8-9-17)22(28)14-19-16-27(21-6-4-3-5-7-21)25-23(19)18-10-12-20(24)13-11-18/h3-7,10-13,16-17H,2,8-9,14-15H2,1H3. The van der Waals surface area contributed by atoms with Gasteiger partial charge in [-0.3, -0.25) is 4.79 Å². The van der Waals surface area contributed by atoms with E-state index in [4.69, 9.17) is 5.10 Å². The number of likely N-dealkylation sites (N-methyl/N-ethyl adjacent to an activating group) is 1. The van der Waals surface area contributed by atoms with Gasteiger partial charge in [0.15, 0.2) is 0 Å². The summed E-state index contributed by atoms with van der Waals surface area (Å²) in [6.07, 6.45) is 4.64. The number of hydrogen-bond donors (Lipinski definition) is 0. The van der Waals surface area contributed by atoms with Crippen molar-refractivity contribution in [2.45, 2.75) is 26.2 Å². The molecule has 0 spiro atoms. The fourth-order valence-electron chi connectivity index (χ4n) is 3.40. The molecule has 1 aliphatic rings. The fraction of sp³-hybridized carbons (Fsp3) is 0.304. The van der Waals surface area contributed by atoms with Crippen molar-refractivity contribution >= 4 is 5.91 Å². The van der Waals surface area contributed by atoms with Crippen molar-refractivity contribution in [3.63, 3.8) is 0 Å². The van der Waals surface area contributed by atoms with Crippen LogP contribution in [0.3, 0.4) is 0 Å². The Morgan fingerprint density at radius 2 is 1.86 bits per heavy atom. The lowest BCUT2D eigenvalue weighted by Gasteiger charge is -2.20. The zero-order valence-electron chi connectivity index (χ0n) is 16.0. The van der Waals surface area contributed by atoms with Crippen molar-refractivity contribution in [3.05, 3.63) is 72.2 Å². The van der Waals surface area contributed by atoms with Crippen LogP contribution in [0.2, 0.25) is 0 Å². The summed E-state index contributed by atoms with van der Waals surface area (Å²) < 4.78 is 15.2. The molecule has 4 rings (SSSR count). The van der Waals surface area contributed by atoms with E-state index in [1.165, 1.54) is 25.0 Å². The van der Waals surface area contributed by atoms with E-state index in [0.29, 0.717) is 18.9 Å². The number of aromatic nitrogens is 2. The molecule has 144 valence electrons. The Hall–Kier alpha value is -2.95. The molecule has 28 heavy (non-hydrogen) atoms. The van der Waals surface area contributed by atoms with Crippen LogP contribution in [0.25, 0.3) is 16.9 Å². The molecule has 3 aromatic rings. The second kappa shape index (κ2) is 7.97. The summed E-state index contributed by atoms with van der Waals surface area (Å²) in [7, 11) is 0. The number of nitrogens with zero attached hydrogens (tertiary/aromatic N) is 3. The summed E-state index contributed by atoms with van der Waals surface area (Å²) in [5, 5.41) is 4.72. The zero-order valence-corrected chi connectivity index (χ0v) is 16.0. The molecule has 0 atom stereocenters. The van der Waals surface area contributed by atoms with Crippen molar-refractivity contribution in [2.75, 3.05) is 13.1 Å². The van der Waals surface area contributed by atoms with E-state index in [-0.39, 0.29) is 11.7 Å². The second-order valence-electron chi connectivity index (χ2n) is 7.34. The van der Waals surface area contributed by atoms with Crippen LogP contribution < -0.4 is 0 Å². The summed E-state index contributed by atoms with van der Waals surface area (Å²) in [4.78, 5) is 14.9. The molecule has 0 aliphatic heterocycles. The zero-order chi connectivity index (χ0) is 19.5. The Kier molecular flexibility index (Phi) is 5.24. The number of carbonyl (C=O) groups excluding carboxylic acids is 1. The summed E-state index contributed by atoms with van der Waals surface area (Å²) in [5.41, 5.74) is 3.31. The first-order chi connectivity index (χ1) is 13.6. The van der Waals surface area contributed by atoms with Crippen molar-refractivity contribution in [3.8, 4) is 16.9 Å². The minimum Gasteiger partial charge on any atom is -0.342 e. The average molecular weight is 377 g/mol. The van der Waals surface area contributed by atoms with E-state index in [0.717, 1.165) is 29.1 Å². The molecule has 0 bridgehead atoms. The number of carbonyl (C=O) groups is 1. The third kappa shape index (κ3) is 4.14. The molecular formula is C23H24FN3O. The van der Waals surface area contributed by atoms with Gasteiger partial charge in [-0.1, -0.05) is 18.2 Å². The first-order valence-electron chi connectivity index (χ1n) is 9.81. The molecule has 4 nitrogen and oxygen atoms in total. The van der Waals surface area contributed by atoms with Crippen LogP contribution in [0, 0.1) is 11.7 Å². The van der Waals surface area contributed by atoms with E-state index in [1.54, 1.807) is 16.8 Å². The maximum Gasteiger partial charge on any atom is 0.227 e. The van der Waals surface area contributed by atoms with Crippen molar-refractivity contribution in [1.29, 1.82) is 0 Å². The Morgan fingerprint density at radius 3 is 2.50 bits per heavy atom. The third-order valence-corrected chi connectivity index (χ3v) is 5.18. The van der Waals surface area contributed by atoms with Crippen LogP contribution in [-0.4, -0.2) is 33.7 Å². The van der Waals surface area contributed by atoms with Gasteiger partial charge in [-0.15, -0.1) is 0 Å². The molecule has 2 aromatic carbocycles. The minimum atomic E-state index is -0.287. The molecule has 1 heterocycles. The highest BCUT2D eigenvalue weighted by atomic mass is 19.1. The SMILES string of the molecule is CCN(CC1CC1)C(=O)Cc1cn(-c2ccccc2)nc1-c1ccc(F)cc1. The van der Waals surface area contributed by atoms with Gasteiger partial charge >= 0.3 is 0 Å². The number of amides is 1. The predicted molar refractivity (Wildman–Crippen MR) is 108 cm³/mol. The predicted octanol–water partition coefficient (Wildman–Crippen LogP) is 4.48. The highest BCUT2D eigenvalue weighted by Gasteiger charge is 2.26. The van der Waals surface area contributed by atoms with Gasteiger partial charge in [-0.2, -0.15) is 5.10 Å². The summed E-state index contributed by atoms with van der Waals surface area (Å²) in [6, 6.07) is 16.1. The van der Waals surface area contributed by atoms with Crippen LogP contribution in [0.4, 0.5) is 4.39 Å². The van der Waals surface area contributed by atoms with Crippen molar-refractivity contribution in [2.24, 2.45) is 5.92 Å². The highest BCUT2D eigenvalue weighted by molar-refractivity contribution is 5.81. The molecule has 1 fully saturated rings. The first kappa shape index (κ1) is 18.4. The number of rotatable bonds is 7. The highest BCUT2D eigenvalue weighted by Crippen LogP contribution is 2.30. The van der Waals surface area contributed by atoms with Gasteiger partial charge < -0.3 is 4.90 Å². The lowest BCUT2D eigenvalue weighted by molar-refractivity contribution is -0.130. The second-order valence-corrected chi connectivity index (χ2v) is 7.34. The lowest BCUT2D eigenvalue weighted by atomic mass is 10.1. The molecule has 0 saturated heterocycles. The van der Waals surface area contributed by atoms with Gasteiger partial charge in [0.2, 0.25) is 5.91 Å². The van der Waals surface area contributed by atoms with Gasteiger partial charge in [0.1, 0.15) is 5.82 Å². The quantitative estimate of drug-likeness (QED) is 0.609. The molecule has 1 aliphatic carbocycles. The minimum absolute atomic E-state index is 0.116. The molecule has 0 unspecified atom stereocenters.